The molecule has 2 aromatic carbocycles. The minimum atomic E-state index is -3.75. The first kappa shape index (κ1) is 27.4. The molecule has 0 aromatic heterocycles. The Hall–Kier alpha value is -2.87. The summed E-state index contributed by atoms with van der Waals surface area (Å²) in [6.07, 6.45) is 1.08. The summed E-state index contributed by atoms with van der Waals surface area (Å²) >= 11 is 0. The normalized spacial score (nSPS) is 12.7. The van der Waals surface area contributed by atoms with Gasteiger partial charge in [0, 0.05) is 12.1 Å². The minimum Gasteiger partial charge on any atom is -0.350 e. The molecule has 0 fully saturated rings. The fourth-order valence-electron chi connectivity index (χ4n) is 3.71. The Morgan fingerprint density at radius 1 is 1.00 bits per heavy atom. The second-order valence-electron chi connectivity index (χ2n) is 9.92. The summed E-state index contributed by atoms with van der Waals surface area (Å²) in [7, 11) is -3.75. The van der Waals surface area contributed by atoms with Crippen LogP contribution in [0.4, 0.5) is 5.69 Å². The monoisotopic (exact) mass is 487 g/mol. The number of anilines is 1. The van der Waals surface area contributed by atoms with Crippen molar-refractivity contribution in [1.82, 2.24) is 10.2 Å². The highest BCUT2D eigenvalue weighted by molar-refractivity contribution is 7.92. The van der Waals surface area contributed by atoms with Gasteiger partial charge in [-0.15, -0.1) is 0 Å². The van der Waals surface area contributed by atoms with Crippen LogP contribution in [-0.2, 0) is 26.2 Å². The Kier molecular flexibility index (Phi) is 8.53. The summed E-state index contributed by atoms with van der Waals surface area (Å²) in [5, 5.41) is 2.92. The highest BCUT2D eigenvalue weighted by atomic mass is 32.2. The average Bonchev–Trinajstić information content (AvgIpc) is 2.69. The molecular formula is C26H37N3O4S. The van der Waals surface area contributed by atoms with Crippen LogP contribution < -0.4 is 9.62 Å². The van der Waals surface area contributed by atoms with Gasteiger partial charge in [0.25, 0.3) is 0 Å². The van der Waals surface area contributed by atoms with Gasteiger partial charge in [0.05, 0.1) is 11.9 Å². The molecule has 0 radical (unpaired) electrons. The molecule has 2 rings (SSSR count). The first-order valence-corrected chi connectivity index (χ1v) is 13.2. The van der Waals surface area contributed by atoms with Crippen molar-refractivity contribution in [1.29, 1.82) is 0 Å². The number of nitrogens with zero attached hydrogens (tertiary/aromatic N) is 2. The number of nitrogens with one attached hydrogen (secondary N) is 1. The molecule has 34 heavy (non-hydrogen) atoms. The number of rotatable bonds is 8. The van der Waals surface area contributed by atoms with Crippen LogP contribution in [0.15, 0.2) is 42.5 Å². The van der Waals surface area contributed by atoms with E-state index in [1.807, 2.05) is 77.9 Å². The Balaban J connectivity index is 2.45. The lowest BCUT2D eigenvalue weighted by atomic mass is 10.1. The zero-order valence-electron chi connectivity index (χ0n) is 21.5. The summed E-state index contributed by atoms with van der Waals surface area (Å²) in [5.74, 6) is -0.753. The van der Waals surface area contributed by atoms with Gasteiger partial charge in [-0.3, -0.25) is 13.9 Å². The van der Waals surface area contributed by atoms with Gasteiger partial charge in [0.2, 0.25) is 21.8 Å². The highest BCUT2D eigenvalue weighted by Gasteiger charge is 2.31. The van der Waals surface area contributed by atoms with Crippen molar-refractivity contribution in [3.8, 4) is 0 Å². The number of carbonyl (C=O) groups is 2. The van der Waals surface area contributed by atoms with Gasteiger partial charge in [-0.2, -0.15) is 0 Å². The fourth-order valence-corrected chi connectivity index (χ4v) is 4.61. The molecule has 1 atom stereocenters. The van der Waals surface area contributed by atoms with E-state index in [-0.39, 0.29) is 12.5 Å². The van der Waals surface area contributed by atoms with E-state index in [4.69, 9.17) is 0 Å². The first-order chi connectivity index (χ1) is 15.6. The third kappa shape index (κ3) is 7.32. The van der Waals surface area contributed by atoms with Crippen LogP contribution >= 0.6 is 0 Å². The summed E-state index contributed by atoms with van der Waals surface area (Å²) in [4.78, 5) is 28.1. The van der Waals surface area contributed by atoms with Gasteiger partial charge in [0.1, 0.15) is 12.6 Å². The molecule has 0 aliphatic rings. The second-order valence-corrected chi connectivity index (χ2v) is 11.8. The van der Waals surface area contributed by atoms with Crippen LogP contribution in [0.1, 0.15) is 49.9 Å². The SMILES string of the molecule is Cc1ccc(N(CC(=O)N(Cc2ccccc2C)C(C)C(=O)NC(C)(C)C)S(C)(=O)=O)c(C)c1. The highest BCUT2D eigenvalue weighted by Crippen LogP contribution is 2.24. The lowest BCUT2D eigenvalue weighted by Gasteiger charge is -2.33. The number of sulfonamides is 1. The van der Waals surface area contributed by atoms with E-state index in [9.17, 15) is 18.0 Å². The standard InChI is InChI=1S/C26H37N3O4S/c1-18-13-14-23(20(3)15-18)29(34(8,32)33)17-24(30)28(16-22-12-10-9-11-19(22)2)21(4)25(31)27-26(5,6)7/h9-15,21H,16-17H2,1-8H3,(H,27,31). The number of amides is 2. The molecule has 0 saturated heterocycles. The Labute approximate surface area is 204 Å². The maximum absolute atomic E-state index is 13.6. The van der Waals surface area contributed by atoms with Gasteiger partial charge < -0.3 is 10.2 Å². The zero-order valence-corrected chi connectivity index (χ0v) is 22.3. The quantitative estimate of drug-likeness (QED) is 0.615. The molecule has 0 aliphatic heterocycles. The molecule has 0 spiro atoms. The van der Waals surface area contributed by atoms with E-state index in [1.165, 1.54) is 4.90 Å². The van der Waals surface area contributed by atoms with Crippen LogP contribution in [0, 0.1) is 20.8 Å². The summed E-state index contributed by atoms with van der Waals surface area (Å²) in [5.41, 5.74) is 3.60. The average molecular weight is 488 g/mol. The summed E-state index contributed by atoms with van der Waals surface area (Å²) < 4.78 is 26.5. The number of benzene rings is 2. The molecule has 0 saturated carbocycles. The van der Waals surface area contributed by atoms with Crippen LogP contribution in [0.2, 0.25) is 0 Å². The maximum atomic E-state index is 13.6. The molecule has 0 aliphatic carbocycles. The molecule has 186 valence electrons. The van der Waals surface area contributed by atoms with Crippen molar-refractivity contribution in [3.63, 3.8) is 0 Å². The van der Waals surface area contributed by atoms with E-state index < -0.39 is 34.1 Å². The molecule has 1 N–H and O–H groups in total. The van der Waals surface area contributed by atoms with E-state index in [1.54, 1.807) is 13.0 Å². The summed E-state index contributed by atoms with van der Waals surface area (Å²) in [6, 6.07) is 12.2. The van der Waals surface area contributed by atoms with Crippen LogP contribution in [-0.4, -0.2) is 49.5 Å². The first-order valence-electron chi connectivity index (χ1n) is 11.3. The molecule has 2 aromatic rings. The molecular weight excluding hydrogens is 450 g/mol. The predicted octanol–water partition coefficient (Wildman–Crippen LogP) is 3.71. The van der Waals surface area contributed by atoms with Gasteiger partial charge in [-0.25, -0.2) is 8.42 Å². The van der Waals surface area contributed by atoms with Gasteiger partial charge in [-0.05, 0) is 71.2 Å². The van der Waals surface area contributed by atoms with Gasteiger partial charge >= 0.3 is 0 Å². The van der Waals surface area contributed by atoms with E-state index >= 15 is 0 Å². The second kappa shape index (κ2) is 10.6. The maximum Gasteiger partial charge on any atom is 0.244 e. The largest absolute Gasteiger partial charge is 0.350 e. The third-order valence-corrected chi connectivity index (χ3v) is 6.69. The van der Waals surface area contributed by atoms with Crippen molar-refractivity contribution >= 4 is 27.5 Å². The molecule has 7 nitrogen and oxygen atoms in total. The van der Waals surface area contributed by atoms with Crippen molar-refractivity contribution in [3.05, 3.63) is 64.7 Å². The number of aryl methyl sites for hydroxylation is 3. The zero-order chi connectivity index (χ0) is 25.8. The number of hydrogen-bond acceptors (Lipinski definition) is 4. The molecule has 2 amide bonds. The topological polar surface area (TPSA) is 86.8 Å². The Morgan fingerprint density at radius 3 is 2.15 bits per heavy atom. The Bertz CT molecular complexity index is 1150. The van der Waals surface area contributed by atoms with Crippen molar-refractivity contribution in [2.45, 2.75) is 66.6 Å². The van der Waals surface area contributed by atoms with E-state index in [2.05, 4.69) is 5.32 Å². The smallest absolute Gasteiger partial charge is 0.244 e. The minimum absolute atomic E-state index is 0.189. The predicted molar refractivity (Wildman–Crippen MR) is 137 cm³/mol. The van der Waals surface area contributed by atoms with Crippen molar-refractivity contribution in [2.75, 3.05) is 17.1 Å². The van der Waals surface area contributed by atoms with E-state index in [0.717, 1.165) is 32.8 Å². The van der Waals surface area contributed by atoms with Crippen LogP contribution in [0.3, 0.4) is 0 Å². The number of hydrogen-bond donors (Lipinski definition) is 1. The lowest BCUT2D eigenvalue weighted by Crippen LogP contribution is -2.54. The molecule has 0 bridgehead atoms. The molecule has 8 heteroatoms. The van der Waals surface area contributed by atoms with Gasteiger partial charge in [-0.1, -0.05) is 42.0 Å². The van der Waals surface area contributed by atoms with Gasteiger partial charge in [0.15, 0.2) is 0 Å². The Morgan fingerprint density at radius 2 is 1.62 bits per heavy atom. The van der Waals surface area contributed by atoms with Crippen LogP contribution in [0.25, 0.3) is 0 Å². The lowest BCUT2D eigenvalue weighted by molar-refractivity contribution is -0.140. The van der Waals surface area contributed by atoms with Crippen molar-refractivity contribution < 1.29 is 18.0 Å². The van der Waals surface area contributed by atoms with Crippen LogP contribution in [0.5, 0.6) is 0 Å². The third-order valence-electron chi connectivity index (χ3n) is 5.57. The molecule has 0 heterocycles. The number of carbonyl (C=O) groups excluding carboxylic acids is 2. The van der Waals surface area contributed by atoms with Crippen molar-refractivity contribution in [2.24, 2.45) is 0 Å². The fraction of sp³-hybridized carbons (Fsp3) is 0.462. The molecule has 1 unspecified atom stereocenters. The van der Waals surface area contributed by atoms with E-state index in [0.29, 0.717) is 5.69 Å². The summed E-state index contributed by atoms with van der Waals surface area (Å²) in [6.45, 7) is 12.7.